The van der Waals surface area contributed by atoms with Gasteiger partial charge in [0.15, 0.2) is 9.84 Å². The zero-order valence-electron chi connectivity index (χ0n) is 18.4. The van der Waals surface area contributed by atoms with Crippen LogP contribution in [0.2, 0.25) is 0 Å². The molecule has 1 fully saturated rings. The van der Waals surface area contributed by atoms with E-state index in [2.05, 4.69) is 10.4 Å². The number of hydrogen-bond donors (Lipinski definition) is 1. The molecule has 2 heterocycles. The highest BCUT2D eigenvalue weighted by Crippen LogP contribution is 2.31. The molecule has 12 heteroatoms. The van der Waals surface area contributed by atoms with E-state index in [1.54, 1.807) is 6.07 Å². The summed E-state index contributed by atoms with van der Waals surface area (Å²) < 4.78 is 64.7. The van der Waals surface area contributed by atoms with Crippen LogP contribution in [0.4, 0.5) is 10.2 Å². The van der Waals surface area contributed by atoms with Gasteiger partial charge in [-0.2, -0.15) is 9.40 Å². The third kappa shape index (κ3) is 5.36. The molecular weight excluding hydrogens is 459 g/mol. The Bertz CT molecular complexity index is 1220. The van der Waals surface area contributed by atoms with Crippen molar-refractivity contribution in [3.63, 3.8) is 0 Å². The molecule has 1 aromatic carbocycles. The highest BCUT2D eigenvalue weighted by molar-refractivity contribution is 7.91. The Balaban J connectivity index is 1.81. The molecule has 1 aliphatic heterocycles. The maximum Gasteiger partial charge on any atom is 0.243 e. The molecule has 0 spiro atoms. The number of rotatable bonds is 6. The topological polar surface area (TPSA) is 118 Å². The average Bonchev–Trinajstić information content (AvgIpc) is 3.24. The van der Waals surface area contributed by atoms with Crippen LogP contribution in [0.5, 0.6) is 0 Å². The summed E-state index contributed by atoms with van der Waals surface area (Å²) in [6, 6.07) is 5.59. The molecule has 1 N–H and O–H groups in total. The van der Waals surface area contributed by atoms with E-state index < -0.39 is 44.2 Å². The number of carbonyl (C=O) groups excluding carboxylic acids is 1. The number of amides is 1. The number of halogens is 1. The number of likely N-dealkylation sites (N-methyl/N-ethyl adjacent to an activating group) is 1. The normalized spacial score (nSPS) is 18.8. The average molecular weight is 487 g/mol. The number of carbonyl (C=O) groups is 1. The molecule has 1 atom stereocenters. The van der Waals surface area contributed by atoms with E-state index >= 15 is 0 Å². The van der Waals surface area contributed by atoms with Crippen molar-refractivity contribution >= 4 is 31.6 Å². The van der Waals surface area contributed by atoms with E-state index in [1.807, 2.05) is 20.8 Å². The SMILES string of the molecule is CN(CC(=O)Nc1cc(C(C)(C)C)nn1C1CCS(=O)(=O)C1)S(=O)(=O)c1ccc(F)cc1. The number of aromatic nitrogens is 2. The molecule has 176 valence electrons. The first kappa shape index (κ1) is 24.3. The molecule has 1 saturated heterocycles. The molecule has 0 bridgehead atoms. The summed E-state index contributed by atoms with van der Waals surface area (Å²) >= 11 is 0. The fourth-order valence-electron chi connectivity index (χ4n) is 3.36. The van der Waals surface area contributed by atoms with Crippen LogP contribution in [-0.4, -0.2) is 61.9 Å². The van der Waals surface area contributed by atoms with Gasteiger partial charge >= 0.3 is 0 Å². The summed E-state index contributed by atoms with van der Waals surface area (Å²) in [4.78, 5) is 12.5. The Kier molecular flexibility index (Phi) is 6.51. The zero-order valence-corrected chi connectivity index (χ0v) is 20.0. The van der Waals surface area contributed by atoms with Gasteiger partial charge in [-0.3, -0.25) is 4.79 Å². The molecule has 3 rings (SSSR count). The fraction of sp³-hybridized carbons (Fsp3) is 0.500. The van der Waals surface area contributed by atoms with Crippen LogP contribution >= 0.6 is 0 Å². The number of sulfonamides is 1. The van der Waals surface area contributed by atoms with Crippen LogP contribution in [-0.2, 0) is 30.1 Å². The quantitative estimate of drug-likeness (QED) is 0.667. The van der Waals surface area contributed by atoms with Crippen molar-refractivity contribution in [2.75, 3.05) is 30.4 Å². The van der Waals surface area contributed by atoms with Gasteiger partial charge in [-0.05, 0) is 30.7 Å². The van der Waals surface area contributed by atoms with Gasteiger partial charge in [-0.25, -0.2) is 25.9 Å². The summed E-state index contributed by atoms with van der Waals surface area (Å²) in [6.45, 7) is 5.35. The molecule has 1 aliphatic rings. The smallest absolute Gasteiger partial charge is 0.243 e. The maximum absolute atomic E-state index is 13.1. The van der Waals surface area contributed by atoms with E-state index in [4.69, 9.17) is 0 Å². The minimum absolute atomic E-state index is 0.0500. The molecule has 0 radical (unpaired) electrons. The van der Waals surface area contributed by atoms with Crippen molar-refractivity contribution in [2.45, 2.75) is 43.5 Å². The molecule has 1 unspecified atom stereocenters. The number of benzene rings is 1. The van der Waals surface area contributed by atoms with Crippen molar-refractivity contribution in [2.24, 2.45) is 0 Å². The second-order valence-electron chi connectivity index (χ2n) is 8.93. The van der Waals surface area contributed by atoms with Gasteiger partial charge in [0.05, 0.1) is 34.7 Å². The second kappa shape index (κ2) is 8.56. The Morgan fingerprint density at radius 3 is 2.44 bits per heavy atom. The monoisotopic (exact) mass is 486 g/mol. The van der Waals surface area contributed by atoms with Crippen LogP contribution in [0, 0.1) is 5.82 Å². The number of nitrogens with zero attached hydrogens (tertiary/aromatic N) is 3. The molecule has 0 saturated carbocycles. The number of anilines is 1. The molecule has 1 aromatic heterocycles. The van der Waals surface area contributed by atoms with Gasteiger partial charge in [-0.1, -0.05) is 20.8 Å². The summed E-state index contributed by atoms with van der Waals surface area (Å²) in [5, 5.41) is 7.21. The third-order valence-electron chi connectivity index (χ3n) is 5.21. The number of nitrogens with one attached hydrogen (secondary N) is 1. The lowest BCUT2D eigenvalue weighted by Gasteiger charge is -2.18. The molecule has 0 aliphatic carbocycles. The largest absolute Gasteiger partial charge is 0.310 e. The van der Waals surface area contributed by atoms with E-state index in [-0.39, 0.29) is 21.8 Å². The minimum atomic E-state index is -4.00. The number of sulfone groups is 1. The van der Waals surface area contributed by atoms with E-state index in [0.717, 1.165) is 28.6 Å². The lowest BCUT2D eigenvalue weighted by atomic mass is 9.92. The standard InChI is InChI=1S/C20H27FN4O5S2/c1-20(2,3)17-11-18(25(23-17)15-9-10-31(27,28)13-15)22-19(26)12-24(4)32(29,30)16-7-5-14(21)6-8-16/h5-8,11,15H,9-10,12-13H2,1-4H3,(H,22,26). The van der Waals surface area contributed by atoms with Crippen LogP contribution < -0.4 is 5.32 Å². The van der Waals surface area contributed by atoms with Crippen molar-refractivity contribution in [3.8, 4) is 0 Å². The molecule has 9 nitrogen and oxygen atoms in total. The first-order valence-electron chi connectivity index (χ1n) is 10.0. The predicted octanol–water partition coefficient (Wildman–Crippen LogP) is 1.94. The highest BCUT2D eigenvalue weighted by atomic mass is 32.2. The van der Waals surface area contributed by atoms with Crippen molar-refractivity contribution in [1.82, 2.24) is 14.1 Å². The Morgan fingerprint density at radius 1 is 1.28 bits per heavy atom. The van der Waals surface area contributed by atoms with Crippen molar-refractivity contribution in [1.29, 1.82) is 0 Å². The van der Waals surface area contributed by atoms with Crippen LogP contribution in [0.1, 0.15) is 38.9 Å². The summed E-state index contributed by atoms with van der Waals surface area (Å²) in [5.74, 6) is -0.884. The molecule has 32 heavy (non-hydrogen) atoms. The molecule has 2 aromatic rings. The summed E-state index contributed by atoms with van der Waals surface area (Å²) in [7, 11) is -5.92. The zero-order chi connectivity index (χ0) is 23.9. The Morgan fingerprint density at radius 2 is 1.91 bits per heavy atom. The van der Waals surface area contributed by atoms with Gasteiger partial charge in [0.25, 0.3) is 0 Å². The third-order valence-corrected chi connectivity index (χ3v) is 8.78. The van der Waals surface area contributed by atoms with Crippen LogP contribution in [0.25, 0.3) is 0 Å². The highest BCUT2D eigenvalue weighted by Gasteiger charge is 2.33. The molecular formula is C20H27FN4O5S2. The van der Waals surface area contributed by atoms with Crippen LogP contribution in [0.3, 0.4) is 0 Å². The first-order chi connectivity index (χ1) is 14.7. The second-order valence-corrected chi connectivity index (χ2v) is 13.2. The fourth-order valence-corrected chi connectivity index (χ4v) is 6.18. The van der Waals surface area contributed by atoms with Gasteiger partial charge in [-0.15, -0.1) is 0 Å². The lowest BCUT2D eigenvalue weighted by molar-refractivity contribution is -0.116. The predicted molar refractivity (Wildman–Crippen MR) is 118 cm³/mol. The Hall–Kier alpha value is -2.31. The maximum atomic E-state index is 13.1. The van der Waals surface area contributed by atoms with Crippen molar-refractivity contribution in [3.05, 3.63) is 41.8 Å². The van der Waals surface area contributed by atoms with E-state index in [1.165, 1.54) is 11.7 Å². The lowest BCUT2D eigenvalue weighted by Crippen LogP contribution is -2.35. The molecule has 1 amide bonds. The van der Waals surface area contributed by atoms with Gasteiger partial charge < -0.3 is 5.32 Å². The van der Waals surface area contributed by atoms with E-state index in [9.17, 15) is 26.0 Å². The number of hydrogen-bond acceptors (Lipinski definition) is 6. The first-order valence-corrected chi connectivity index (χ1v) is 13.3. The Labute approximate surface area is 187 Å². The minimum Gasteiger partial charge on any atom is -0.310 e. The summed E-state index contributed by atoms with van der Waals surface area (Å²) in [5.41, 5.74) is 0.328. The van der Waals surface area contributed by atoms with Crippen molar-refractivity contribution < 1.29 is 26.0 Å². The van der Waals surface area contributed by atoms with Crippen LogP contribution in [0.15, 0.2) is 35.2 Å². The summed E-state index contributed by atoms with van der Waals surface area (Å²) in [6.07, 6.45) is 0.384. The van der Waals surface area contributed by atoms with Gasteiger partial charge in [0.1, 0.15) is 11.6 Å². The van der Waals surface area contributed by atoms with Gasteiger partial charge in [0, 0.05) is 18.5 Å². The van der Waals surface area contributed by atoms with Gasteiger partial charge in [0.2, 0.25) is 15.9 Å². The van der Waals surface area contributed by atoms with E-state index in [0.29, 0.717) is 17.9 Å².